The van der Waals surface area contributed by atoms with Gasteiger partial charge in [-0.25, -0.2) is 0 Å². The molecule has 3 saturated carbocycles. The number of nitrogens with one attached hydrogen (secondary N) is 2. The molecule has 0 aromatic rings. The van der Waals surface area contributed by atoms with Gasteiger partial charge in [0.25, 0.3) is 5.91 Å². The van der Waals surface area contributed by atoms with E-state index in [1.807, 2.05) is 0 Å². The van der Waals surface area contributed by atoms with Gasteiger partial charge in [-0.1, -0.05) is 57.8 Å². The largest absolute Gasteiger partial charge is 0.353 e. The monoisotopic (exact) mass is 431 g/mol. The van der Waals surface area contributed by atoms with Crippen molar-refractivity contribution in [2.24, 2.45) is 5.92 Å². The minimum absolute atomic E-state index is 0.0333. The number of ketones is 1. The van der Waals surface area contributed by atoms with Crippen molar-refractivity contribution in [3.8, 4) is 0 Å². The first-order valence-corrected chi connectivity index (χ1v) is 12.5. The smallest absolute Gasteiger partial charge is 0.297 e. The normalized spacial score (nSPS) is 29.9. The maximum absolute atomic E-state index is 13.6. The van der Waals surface area contributed by atoms with Gasteiger partial charge in [0.15, 0.2) is 0 Å². The summed E-state index contributed by atoms with van der Waals surface area (Å²) in [6, 6.07) is -0.998. The van der Waals surface area contributed by atoms with E-state index in [9.17, 15) is 19.2 Å². The first kappa shape index (κ1) is 22.4. The average Bonchev–Trinajstić information content (AvgIpc) is 2.80. The number of hydrogen-bond donors (Lipinski definition) is 2. The highest BCUT2D eigenvalue weighted by Crippen LogP contribution is 2.30. The lowest BCUT2D eigenvalue weighted by Crippen LogP contribution is -2.68. The van der Waals surface area contributed by atoms with E-state index in [0.29, 0.717) is 0 Å². The summed E-state index contributed by atoms with van der Waals surface area (Å²) in [5.74, 6) is -3.56. The molecule has 2 N–H and O–H groups in total. The number of imide groups is 1. The topological polar surface area (TPSA) is 95.6 Å². The highest BCUT2D eigenvalue weighted by molar-refractivity contribution is 6.45. The zero-order valence-electron chi connectivity index (χ0n) is 18.6. The highest BCUT2D eigenvalue weighted by atomic mass is 16.2. The van der Waals surface area contributed by atoms with Crippen LogP contribution in [-0.4, -0.2) is 52.6 Å². The van der Waals surface area contributed by atoms with Crippen molar-refractivity contribution in [2.75, 3.05) is 0 Å². The molecule has 0 spiro atoms. The number of rotatable bonds is 5. The second kappa shape index (κ2) is 10.2. The Balaban J connectivity index is 1.56. The third kappa shape index (κ3) is 5.02. The van der Waals surface area contributed by atoms with Gasteiger partial charge in [-0.05, 0) is 38.5 Å². The molecular formula is C24H37N3O4. The quantitative estimate of drug-likeness (QED) is 0.396. The fourth-order valence-electron chi connectivity index (χ4n) is 5.98. The molecule has 7 heteroatoms. The Kier molecular flexibility index (Phi) is 7.41. The summed E-state index contributed by atoms with van der Waals surface area (Å²) in [7, 11) is 0. The van der Waals surface area contributed by atoms with Crippen molar-refractivity contribution in [3.63, 3.8) is 0 Å². The molecule has 0 aromatic heterocycles. The van der Waals surface area contributed by atoms with E-state index in [1.165, 1.54) is 11.3 Å². The van der Waals surface area contributed by atoms with Crippen molar-refractivity contribution in [2.45, 2.75) is 120 Å². The molecule has 3 amide bonds. The maximum atomic E-state index is 13.6. The van der Waals surface area contributed by atoms with Gasteiger partial charge in [0.2, 0.25) is 17.6 Å². The molecule has 0 aromatic carbocycles. The van der Waals surface area contributed by atoms with Gasteiger partial charge >= 0.3 is 0 Å². The molecule has 2 atom stereocenters. The Labute approximate surface area is 185 Å². The summed E-state index contributed by atoms with van der Waals surface area (Å²) in [6.07, 6.45) is 14.8. The van der Waals surface area contributed by atoms with Gasteiger partial charge in [-0.3, -0.25) is 24.1 Å². The Morgan fingerprint density at radius 1 is 0.710 bits per heavy atom. The van der Waals surface area contributed by atoms with Crippen molar-refractivity contribution >= 4 is 23.5 Å². The summed E-state index contributed by atoms with van der Waals surface area (Å²) in [6.45, 7) is 0. The number of Topliss-reactive ketones (excluding diaryl/α,β-unsaturated/α-hetero) is 1. The lowest BCUT2D eigenvalue weighted by molar-refractivity contribution is -0.166. The predicted molar refractivity (Wildman–Crippen MR) is 116 cm³/mol. The lowest BCUT2D eigenvalue weighted by atomic mass is 9.83. The van der Waals surface area contributed by atoms with Gasteiger partial charge in [-0.15, -0.1) is 0 Å². The minimum atomic E-state index is -1.25. The SMILES string of the molecule is O=C(NC1CCCCC1)[C@H]1C(=O)C(=O)N(C2CCCCC2)C(=O)[C@@H]1NC1CCCCC1. The molecule has 7 nitrogen and oxygen atoms in total. The fraction of sp³-hybridized carbons (Fsp3) is 0.833. The molecule has 172 valence electrons. The molecule has 31 heavy (non-hydrogen) atoms. The summed E-state index contributed by atoms with van der Waals surface area (Å²) in [4.78, 5) is 54.2. The molecule has 0 bridgehead atoms. The molecule has 1 saturated heterocycles. The second-order valence-corrected chi connectivity index (χ2v) is 9.97. The summed E-state index contributed by atoms with van der Waals surface area (Å²) >= 11 is 0. The van der Waals surface area contributed by atoms with Crippen LogP contribution in [0.15, 0.2) is 0 Å². The molecule has 1 heterocycles. The van der Waals surface area contributed by atoms with Gasteiger partial charge in [0.1, 0.15) is 12.0 Å². The molecule has 4 aliphatic rings. The zero-order chi connectivity index (χ0) is 21.8. The molecular weight excluding hydrogens is 394 g/mol. The summed E-state index contributed by atoms with van der Waals surface area (Å²) < 4.78 is 0. The van der Waals surface area contributed by atoms with Crippen LogP contribution in [0.3, 0.4) is 0 Å². The van der Waals surface area contributed by atoms with Gasteiger partial charge in [-0.2, -0.15) is 0 Å². The van der Waals surface area contributed by atoms with Gasteiger partial charge < -0.3 is 10.6 Å². The zero-order valence-corrected chi connectivity index (χ0v) is 18.6. The van der Waals surface area contributed by atoms with E-state index < -0.39 is 29.6 Å². The minimum Gasteiger partial charge on any atom is -0.353 e. The van der Waals surface area contributed by atoms with E-state index in [1.54, 1.807) is 0 Å². The Bertz CT molecular complexity index is 691. The summed E-state index contributed by atoms with van der Waals surface area (Å²) in [5, 5.41) is 6.37. The third-order valence-electron chi connectivity index (χ3n) is 7.74. The van der Waals surface area contributed by atoms with Crippen LogP contribution >= 0.6 is 0 Å². The predicted octanol–water partition coefficient (Wildman–Crippen LogP) is 2.61. The molecule has 0 unspecified atom stereocenters. The lowest BCUT2D eigenvalue weighted by Gasteiger charge is -2.42. The molecule has 4 rings (SSSR count). The van der Waals surface area contributed by atoms with Crippen molar-refractivity contribution in [1.29, 1.82) is 0 Å². The number of likely N-dealkylation sites (tertiary alicyclic amines) is 1. The van der Waals surface area contributed by atoms with E-state index in [4.69, 9.17) is 0 Å². The van der Waals surface area contributed by atoms with E-state index in [0.717, 1.165) is 89.9 Å². The highest BCUT2D eigenvalue weighted by Gasteiger charge is 2.53. The first-order valence-electron chi connectivity index (χ1n) is 12.5. The van der Waals surface area contributed by atoms with Crippen LogP contribution in [0.2, 0.25) is 0 Å². The van der Waals surface area contributed by atoms with Crippen LogP contribution in [0.5, 0.6) is 0 Å². The number of amides is 3. The van der Waals surface area contributed by atoms with Crippen LogP contribution in [-0.2, 0) is 19.2 Å². The van der Waals surface area contributed by atoms with Crippen LogP contribution < -0.4 is 10.6 Å². The maximum Gasteiger partial charge on any atom is 0.297 e. The molecule has 0 radical (unpaired) electrons. The van der Waals surface area contributed by atoms with Crippen LogP contribution in [0.1, 0.15) is 96.3 Å². The van der Waals surface area contributed by atoms with E-state index in [-0.39, 0.29) is 24.0 Å². The number of carbonyl (C=O) groups excluding carboxylic acids is 4. The fourth-order valence-corrected chi connectivity index (χ4v) is 5.98. The van der Waals surface area contributed by atoms with Crippen molar-refractivity contribution in [3.05, 3.63) is 0 Å². The number of nitrogens with zero attached hydrogens (tertiary/aromatic N) is 1. The molecule has 4 fully saturated rings. The third-order valence-corrected chi connectivity index (χ3v) is 7.74. The van der Waals surface area contributed by atoms with Crippen molar-refractivity contribution < 1.29 is 19.2 Å². The summed E-state index contributed by atoms with van der Waals surface area (Å²) in [5.41, 5.74) is 0. The Hall–Kier alpha value is -1.76. The average molecular weight is 432 g/mol. The Morgan fingerprint density at radius 3 is 1.81 bits per heavy atom. The second-order valence-electron chi connectivity index (χ2n) is 9.97. The standard InChI is InChI=1S/C24H37N3O4/c28-21-19(22(29)26-17-12-6-2-7-13-17)20(25-16-10-4-1-5-11-16)23(30)27(24(21)31)18-14-8-3-9-15-18/h16-20,25H,1-15H2,(H,26,29)/t19-,20-/m1/s1. The van der Waals surface area contributed by atoms with Crippen molar-refractivity contribution in [1.82, 2.24) is 15.5 Å². The van der Waals surface area contributed by atoms with Crippen LogP contribution in [0.25, 0.3) is 0 Å². The van der Waals surface area contributed by atoms with E-state index >= 15 is 0 Å². The number of hydrogen-bond acceptors (Lipinski definition) is 5. The van der Waals surface area contributed by atoms with E-state index in [2.05, 4.69) is 10.6 Å². The number of carbonyl (C=O) groups is 4. The first-order chi connectivity index (χ1) is 15.1. The van der Waals surface area contributed by atoms with Gasteiger partial charge in [0, 0.05) is 18.1 Å². The Morgan fingerprint density at radius 2 is 1.23 bits per heavy atom. The molecule has 1 aliphatic heterocycles. The number of piperidine rings is 1. The molecule has 3 aliphatic carbocycles. The van der Waals surface area contributed by atoms with Crippen LogP contribution in [0.4, 0.5) is 0 Å². The van der Waals surface area contributed by atoms with Crippen LogP contribution in [0, 0.1) is 5.92 Å². The van der Waals surface area contributed by atoms with Gasteiger partial charge in [0.05, 0.1) is 0 Å².